The van der Waals surface area contributed by atoms with E-state index in [-0.39, 0.29) is 17.9 Å². The zero-order valence-electron chi connectivity index (χ0n) is 13.3. The number of carbonyl (C=O) groups is 1. The molecule has 3 N–H and O–H groups in total. The number of amides is 1. The number of hydrogen-bond acceptors (Lipinski definition) is 2. The van der Waals surface area contributed by atoms with E-state index in [1.165, 1.54) is 0 Å². The quantitative estimate of drug-likeness (QED) is 0.773. The third-order valence-corrected chi connectivity index (χ3v) is 4.45. The minimum absolute atomic E-state index is 0.0349. The van der Waals surface area contributed by atoms with Crippen LogP contribution >= 0.6 is 15.9 Å². The molecule has 122 valence electrons. The van der Waals surface area contributed by atoms with Crippen LogP contribution in [0.4, 0.5) is 0 Å². The highest BCUT2D eigenvalue weighted by Crippen LogP contribution is 2.17. The van der Waals surface area contributed by atoms with E-state index in [0.717, 1.165) is 28.4 Å². The monoisotopic (exact) mass is 374 g/mol. The molecule has 0 fully saturated rings. The third-order valence-electron chi connectivity index (χ3n) is 3.96. The Bertz CT molecular complexity index is 630. The summed E-state index contributed by atoms with van der Waals surface area (Å²) in [6, 6.07) is 17.8. The first kappa shape index (κ1) is 17.7. The fourth-order valence-electron chi connectivity index (χ4n) is 2.54. The van der Waals surface area contributed by atoms with Gasteiger partial charge in [-0.3, -0.25) is 4.79 Å². The van der Waals surface area contributed by atoms with Gasteiger partial charge >= 0.3 is 0 Å². The lowest BCUT2D eigenvalue weighted by molar-refractivity contribution is -0.125. The average molecular weight is 375 g/mol. The van der Waals surface area contributed by atoms with E-state index in [2.05, 4.69) is 33.4 Å². The zero-order valence-corrected chi connectivity index (χ0v) is 14.9. The van der Waals surface area contributed by atoms with Crippen molar-refractivity contribution in [1.82, 2.24) is 5.32 Å². The maximum Gasteiger partial charge on any atom is 0.223 e. The molecule has 23 heavy (non-hydrogen) atoms. The fraction of sp³-hybridized carbons (Fsp3) is 0.316. The Morgan fingerprint density at radius 3 is 2.57 bits per heavy atom. The minimum atomic E-state index is -0.177. The molecule has 0 aliphatic rings. The van der Waals surface area contributed by atoms with E-state index in [1.54, 1.807) is 0 Å². The standard InChI is InChI=1S/C19H23BrN2O/c1-2-15(11-14-7-6-10-17(20)12-14)19(23)22-13-18(21)16-8-4-3-5-9-16/h3-10,12,15,18H,2,11,13,21H2,1H3,(H,22,23). The van der Waals surface area contributed by atoms with Crippen molar-refractivity contribution in [3.63, 3.8) is 0 Å². The number of rotatable bonds is 7. The molecule has 0 radical (unpaired) electrons. The molecule has 0 spiro atoms. The van der Waals surface area contributed by atoms with Crippen molar-refractivity contribution in [2.24, 2.45) is 11.7 Å². The van der Waals surface area contributed by atoms with E-state index < -0.39 is 0 Å². The Hall–Kier alpha value is -1.65. The Kier molecular flexibility index (Phi) is 6.81. The lowest BCUT2D eigenvalue weighted by atomic mass is 9.96. The van der Waals surface area contributed by atoms with Gasteiger partial charge in [-0.15, -0.1) is 0 Å². The van der Waals surface area contributed by atoms with Crippen LogP contribution in [0.3, 0.4) is 0 Å². The van der Waals surface area contributed by atoms with Crippen molar-refractivity contribution in [3.8, 4) is 0 Å². The molecule has 0 aliphatic carbocycles. The van der Waals surface area contributed by atoms with Crippen molar-refractivity contribution in [2.45, 2.75) is 25.8 Å². The predicted octanol–water partition coefficient (Wildman–Crippen LogP) is 3.83. The molecule has 2 unspecified atom stereocenters. The van der Waals surface area contributed by atoms with Crippen LogP contribution in [0.25, 0.3) is 0 Å². The van der Waals surface area contributed by atoms with Crippen LogP contribution in [0.2, 0.25) is 0 Å². The maximum atomic E-state index is 12.4. The molecule has 3 nitrogen and oxygen atoms in total. The second kappa shape index (κ2) is 8.85. The van der Waals surface area contributed by atoms with Crippen LogP contribution in [0.5, 0.6) is 0 Å². The Balaban J connectivity index is 1.90. The van der Waals surface area contributed by atoms with E-state index >= 15 is 0 Å². The summed E-state index contributed by atoms with van der Waals surface area (Å²) in [5.74, 6) is 0.0335. The minimum Gasteiger partial charge on any atom is -0.354 e. The Labute approximate surface area is 146 Å². The number of benzene rings is 2. The highest BCUT2D eigenvalue weighted by Gasteiger charge is 2.18. The smallest absolute Gasteiger partial charge is 0.223 e. The van der Waals surface area contributed by atoms with Gasteiger partial charge in [0.1, 0.15) is 0 Å². The zero-order chi connectivity index (χ0) is 16.7. The summed E-state index contributed by atoms with van der Waals surface area (Å²) in [5.41, 5.74) is 8.33. The largest absolute Gasteiger partial charge is 0.354 e. The Morgan fingerprint density at radius 2 is 1.91 bits per heavy atom. The van der Waals surface area contributed by atoms with Gasteiger partial charge in [-0.05, 0) is 36.1 Å². The van der Waals surface area contributed by atoms with Gasteiger partial charge in [-0.2, -0.15) is 0 Å². The van der Waals surface area contributed by atoms with Gasteiger partial charge < -0.3 is 11.1 Å². The van der Waals surface area contributed by atoms with Crippen molar-refractivity contribution < 1.29 is 4.79 Å². The molecule has 2 aromatic rings. The average Bonchev–Trinajstić information content (AvgIpc) is 2.58. The molecule has 0 aromatic heterocycles. The normalized spacial score (nSPS) is 13.3. The summed E-state index contributed by atoms with van der Waals surface area (Å²) in [7, 11) is 0. The molecule has 0 saturated carbocycles. The summed E-state index contributed by atoms with van der Waals surface area (Å²) in [6.45, 7) is 2.50. The van der Waals surface area contributed by atoms with Crippen molar-refractivity contribution in [2.75, 3.05) is 6.54 Å². The molecular weight excluding hydrogens is 352 g/mol. The molecule has 2 rings (SSSR count). The number of nitrogens with two attached hydrogens (primary N) is 1. The first-order valence-electron chi connectivity index (χ1n) is 7.92. The van der Waals surface area contributed by atoms with Crippen LogP contribution in [0.1, 0.15) is 30.5 Å². The predicted molar refractivity (Wildman–Crippen MR) is 98.0 cm³/mol. The van der Waals surface area contributed by atoms with Gasteiger partial charge in [0.25, 0.3) is 0 Å². The van der Waals surface area contributed by atoms with E-state index in [0.29, 0.717) is 6.54 Å². The summed E-state index contributed by atoms with van der Waals surface area (Å²) in [6.07, 6.45) is 1.54. The molecule has 0 saturated heterocycles. The lowest BCUT2D eigenvalue weighted by Gasteiger charge is -2.18. The highest BCUT2D eigenvalue weighted by atomic mass is 79.9. The first-order chi connectivity index (χ1) is 11.1. The first-order valence-corrected chi connectivity index (χ1v) is 8.72. The SMILES string of the molecule is CCC(Cc1cccc(Br)c1)C(=O)NCC(N)c1ccccc1. The summed E-state index contributed by atoms with van der Waals surface area (Å²) in [4.78, 5) is 12.4. The molecule has 0 bridgehead atoms. The van der Waals surface area contributed by atoms with Crippen LogP contribution in [0, 0.1) is 5.92 Å². The second-order valence-corrected chi connectivity index (χ2v) is 6.62. The summed E-state index contributed by atoms with van der Waals surface area (Å²) in [5, 5.41) is 2.99. The van der Waals surface area contributed by atoms with E-state index in [1.807, 2.05) is 49.4 Å². The number of halogens is 1. The van der Waals surface area contributed by atoms with Gasteiger partial charge in [0.15, 0.2) is 0 Å². The molecule has 2 aromatic carbocycles. The van der Waals surface area contributed by atoms with Crippen LogP contribution in [-0.2, 0) is 11.2 Å². The molecule has 0 aliphatic heterocycles. The number of nitrogens with one attached hydrogen (secondary N) is 1. The lowest BCUT2D eigenvalue weighted by Crippen LogP contribution is -2.36. The van der Waals surface area contributed by atoms with E-state index in [9.17, 15) is 4.79 Å². The van der Waals surface area contributed by atoms with Gasteiger partial charge in [-0.1, -0.05) is 65.3 Å². The van der Waals surface area contributed by atoms with Gasteiger partial charge in [0.05, 0.1) is 0 Å². The van der Waals surface area contributed by atoms with Gasteiger partial charge in [-0.25, -0.2) is 0 Å². The molecular formula is C19H23BrN2O. The van der Waals surface area contributed by atoms with Crippen molar-refractivity contribution in [1.29, 1.82) is 0 Å². The molecule has 1 amide bonds. The highest BCUT2D eigenvalue weighted by molar-refractivity contribution is 9.10. The van der Waals surface area contributed by atoms with E-state index in [4.69, 9.17) is 5.73 Å². The topological polar surface area (TPSA) is 55.1 Å². The Morgan fingerprint density at radius 1 is 1.17 bits per heavy atom. The van der Waals surface area contributed by atoms with Crippen LogP contribution in [0.15, 0.2) is 59.1 Å². The number of carbonyl (C=O) groups excluding carboxylic acids is 1. The molecule has 2 atom stereocenters. The molecule has 4 heteroatoms. The van der Waals surface area contributed by atoms with Crippen LogP contribution in [-0.4, -0.2) is 12.5 Å². The molecule has 0 heterocycles. The summed E-state index contributed by atoms with van der Waals surface area (Å²) < 4.78 is 1.04. The van der Waals surface area contributed by atoms with Crippen LogP contribution < -0.4 is 11.1 Å². The summed E-state index contributed by atoms with van der Waals surface area (Å²) >= 11 is 3.47. The maximum absolute atomic E-state index is 12.4. The van der Waals surface area contributed by atoms with Crippen molar-refractivity contribution >= 4 is 21.8 Å². The second-order valence-electron chi connectivity index (χ2n) is 5.70. The van der Waals surface area contributed by atoms with Gasteiger partial charge in [0, 0.05) is 23.0 Å². The number of hydrogen-bond donors (Lipinski definition) is 2. The third kappa shape index (κ3) is 5.48. The van der Waals surface area contributed by atoms with Gasteiger partial charge in [0.2, 0.25) is 5.91 Å². The van der Waals surface area contributed by atoms with Crippen molar-refractivity contribution in [3.05, 3.63) is 70.2 Å². The fourth-order valence-corrected chi connectivity index (χ4v) is 2.99.